The van der Waals surface area contributed by atoms with Gasteiger partial charge in [0.2, 0.25) is 5.91 Å². The number of amides is 1. The summed E-state index contributed by atoms with van der Waals surface area (Å²) in [7, 11) is 0. The van der Waals surface area contributed by atoms with E-state index in [1.165, 1.54) is 0 Å². The maximum atomic E-state index is 13.3. The quantitative estimate of drug-likeness (QED) is 0.923. The second-order valence-electron chi connectivity index (χ2n) is 7.30. The fraction of sp³-hybridized carbons (Fsp3) is 0.526. The fourth-order valence-corrected chi connectivity index (χ4v) is 3.85. The third-order valence-corrected chi connectivity index (χ3v) is 5.42. The third kappa shape index (κ3) is 3.03. The van der Waals surface area contributed by atoms with E-state index in [2.05, 4.69) is 12.1 Å². The van der Waals surface area contributed by atoms with Gasteiger partial charge >= 0.3 is 0 Å². The van der Waals surface area contributed by atoms with E-state index >= 15 is 0 Å². The van der Waals surface area contributed by atoms with Crippen molar-refractivity contribution in [3.63, 3.8) is 0 Å². The van der Waals surface area contributed by atoms with Crippen LogP contribution in [0, 0.1) is 12.8 Å². The molecule has 0 spiro atoms. The molecule has 1 saturated carbocycles. The Morgan fingerprint density at radius 1 is 1.32 bits per heavy atom. The molecule has 2 atom stereocenters. The van der Waals surface area contributed by atoms with Crippen LogP contribution in [-0.2, 0) is 11.3 Å². The molecule has 2 aromatic rings. The summed E-state index contributed by atoms with van der Waals surface area (Å²) in [6.45, 7) is 2.67. The summed E-state index contributed by atoms with van der Waals surface area (Å²) < 4.78 is 32.3. The maximum absolute atomic E-state index is 13.3. The van der Waals surface area contributed by atoms with Gasteiger partial charge in [-0.1, -0.05) is 6.07 Å². The zero-order valence-electron chi connectivity index (χ0n) is 14.2. The number of alkyl halides is 2. The molecule has 1 saturated heterocycles. The highest BCUT2D eigenvalue weighted by atomic mass is 19.3. The van der Waals surface area contributed by atoms with Crippen molar-refractivity contribution < 1.29 is 18.0 Å². The van der Waals surface area contributed by atoms with Crippen molar-refractivity contribution in [3.8, 4) is 0 Å². The Morgan fingerprint density at radius 2 is 2.04 bits per heavy atom. The first-order chi connectivity index (χ1) is 11.9. The third-order valence-electron chi connectivity index (χ3n) is 5.42. The summed E-state index contributed by atoms with van der Waals surface area (Å²) in [6, 6.07) is 6.07. The van der Waals surface area contributed by atoms with Gasteiger partial charge in [0.25, 0.3) is 5.92 Å². The molecule has 1 amide bonds. The molecule has 1 aliphatic carbocycles. The SMILES string of the molecule is Cc1cc(C2CC2C(=O)N2CCC(F)(F)CC2)cc2cc(CN)oc12. The Labute approximate surface area is 145 Å². The number of carbonyl (C=O) groups is 1. The molecule has 2 fully saturated rings. The number of carbonyl (C=O) groups excluding carboxylic acids is 1. The number of halogens is 2. The van der Waals surface area contributed by atoms with Crippen molar-refractivity contribution in [2.24, 2.45) is 11.7 Å². The molecule has 0 bridgehead atoms. The Balaban J connectivity index is 1.49. The summed E-state index contributed by atoms with van der Waals surface area (Å²) in [4.78, 5) is 14.2. The van der Waals surface area contributed by atoms with E-state index in [0.717, 1.165) is 34.3 Å². The van der Waals surface area contributed by atoms with Crippen LogP contribution in [-0.4, -0.2) is 29.8 Å². The lowest BCUT2D eigenvalue weighted by atomic mass is 10.0. The number of nitrogens with two attached hydrogens (primary N) is 1. The number of hydrogen-bond donors (Lipinski definition) is 1. The fourth-order valence-electron chi connectivity index (χ4n) is 3.85. The van der Waals surface area contributed by atoms with E-state index < -0.39 is 5.92 Å². The van der Waals surface area contributed by atoms with E-state index in [-0.39, 0.29) is 43.7 Å². The van der Waals surface area contributed by atoms with Crippen LogP contribution in [0.4, 0.5) is 8.78 Å². The predicted molar refractivity (Wildman–Crippen MR) is 90.5 cm³/mol. The number of furan rings is 1. The monoisotopic (exact) mass is 348 g/mol. The van der Waals surface area contributed by atoms with Gasteiger partial charge in [0.1, 0.15) is 11.3 Å². The number of piperidine rings is 1. The van der Waals surface area contributed by atoms with E-state index in [0.29, 0.717) is 6.54 Å². The van der Waals surface area contributed by atoms with Gasteiger partial charge in [-0.3, -0.25) is 4.79 Å². The molecule has 25 heavy (non-hydrogen) atoms. The van der Waals surface area contributed by atoms with Crippen molar-refractivity contribution in [1.29, 1.82) is 0 Å². The molecule has 4 rings (SSSR count). The molecule has 1 aromatic heterocycles. The van der Waals surface area contributed by atoms with Crippen LogP contribution in [0.5, 0.6) is 0 Å². The van der Waals surface area contributed by atoms with Crippen molar-refractivity contribution in [2.75, 3.05) is 13.1 Å². The number of aryl methyl sites for hydroxylation is 1. The van der Waals surface area contributed by atoms with Crippen LogP contribution in [0.1, 0.15) is 42.1 Å². The molecule has 4 nitrogen and oxygen atoms in total. The van der Waals surface area contributed by atoms with Crippen molar-refractivity contribution in [2.45, 2.75) is 44.6 Å². The van der Waals surface area contributed by atoms with Crippen molar-refractivity contribution >= 4 is 16.9 Å². The standard InChI is InChI=1S/C19H22F2N2O2/c1-11-6-12(7-13-8-14(10-22)25-17(11)13)15-9-16(15)18(24)23-4-2-19(20,21)3-5-23/h6-8,15-16H,2-5,9-10,22H2,1H3. The maximum Gasteiger partial charge on any atom is 0.251 e. The largest absolute Gasteiger partial charge is 0.459 e. The first-order valence-corrected chi connectivity index (χ1v) is 8.77. The summed E-state index contributed by atoms with van der Waals surface area (Å²) in [5.74, 6) is -1.76. The molecule has 134 valence electrons. The van der Waals surface area contributed by atoms with Crippen LogP contribution in [0.2, 0.25) is 0 Å². The number of likely N-dealkylation sites (tertiary alicyclic amines) is 1. The lowest BCUT2D eigenvalue weighted by Gasteiger charge is -2.32. The molecule has 2 unspecified atom stereocenters. The average molecular weight is 348 g/mol. The molecular weight excluding hydrogens is 326 g/mol. The molecule has 1 aliphatic heterocycles. The van der Waals surface area contributed by atoms with Crippen LogP contribution in [0.15, 0.2) is 22.6 Å². The second-order valence-corrected chi connectivity index (χ2v) is 7.30. The Hall–Kier alpha value is -1.95. The van der Waals surface area contributed by atoms with Crippen LogP contribution < -0.4 is 5.73 Å². The van der Waals surface area contributed by atoms with Crippen molar-refractivity contribution in [3.05, 3.63) is 35.1 Å². The number of fused-ring (bicyclic) bond motifs is 1. The summed E-state index contributed by atoms with van der Waals surface area (Å²) >= 11 is 0. The predicted octanol–water partition coefficient (Wildman–Crippen LogP) is 3.56. The lowest BCUT2D eigenvalue weighted by molar-refractivity contribution is -0.138. The highest BCUT2D eigenvalue weighted by Crippen LogP contribution is 2.50. The second kappa shape index (κ2) is 5.80. The first kappa shape index (κ1) is 16.5. The van der Waals surface area contributed by atoms with Gasteiger partial charge in [-0.2, -0.15) is 0 Å². The van der Waals surface area contributed by atoms with Gasteiger partial charge in [-0.05, 0) is 42.5 Å². The summed E-state index contributed by atoms with van der Waals surface area (Å²) in [5, 5.41) is 1.01. The van der Waals surface area contributed by atoms with E-state index in [4.69, 9.17) is 10.2 Å². The summed E-state index contributed by atoms with van der Waals surface area (Å²) in [5.41, 5.74) is 8.63. The van der Waals surface area contributed by atoms with E-state index in [9.17, 15) is 13.6 Å². The minimum absolute atomic E-state index is 0.0214. The zero-order valence-corrected chi connectivity index (χ0v) is 14.2. The Kier molecular flexibility index (Phi) is 3.83. The number of nitrogens with zero attached hydrogens (tertiary/aromatic N) is 1. The summed E-state index contributed by atoms with van der Waals surface area (Å²) in [6.07, 6.45) is 0.342. The minimum atomic E-state index is -2.62. The van der Waals surface area contributed by atoms with Gasteiger partial charge in [-0.15, -0.1) is 0 Å². The van der Waals surface area contributed by atoms with Crippen LogP contribution in [0.3, 0.4) is 0 Å². The molecule has 0 radical (unpaired) electrons. The first-order valence-electron chi connectivity index (χ1n) is 8.77. The highest BCUT2D eigenvalue weighted by molar-refractivity contribution is 5.85. The topological polar surface area (TPSA) is 59.5 Å². The van der Waals surface area contributed by atoms with E-state index in [1.54, 1.807) is 4.90 Å². The molecule has 6 heteroatoms. The molecule has 1 aromatic carbocycles. The number of benzene rings is 1. The molecule has 2 aliphatic rings. The average Bonchev–Trinajstić information content (AvgIpc) is 3.26. The number of hydrogen-bond acceptors (Lipinski definition) is 3. The Bertz CT molecular complexity index is 820. The van der Waals surface area contributed by atoms with Gasteiger partial charge in [0.15, 0.2) is 0 Å². The highest BCUT2D eigenvalue weighted by Gasteiger charge is 2.47. The smallest absolute Gasteiger partial charge is 0.251 e. The van der Waals surface area contributed by atoms with Crippen LogP contribution in [0.25, 0.3) is 11.0 Å². The van der Waals surface area contributed by atoms with Gasteiger partial charge in [0, 0.05) is 37.2 Å². The molecule has 2 N–H and O–H groups in total. The minimum Gasteiger partial charge on any atom is -0.459 e. The van der Waals surface area contributed by atoms with E-state index in [1.807, 2.05) is 13.0 Å². The number of rotatable bonds is 3. The lowest BCUT2D eigenvalue weighted by Crippen LogP contribution is -2.43. The normalized spacial score (nSPS) is 25.4. The Morgan fingerprint density at radius 3 is 2.72 bits per heavy atom. The molecule has 2 heterocycles. The zero-order chi connectivity index (χ0) is 17.8. The van der Waals surface area contributed by atoms with Crippen molar-refractivity contribution in [1.82, 2.24) is 4.90 Å². The van der Waals surface area contributed by atoms with Gasteiger partial charge in [0.05, 0.1) is 6.54 Å². The van der Waals surface area contributed by atoms with Crippen LogP contribution >= 0.6 is 0 Å². The van der Waals surface area contributed by atoms with Gasteiger partial charge in [-0.25, -0.2) is 8.78 Å². The van der Waals surface area contributed by atoms with Gasteiger partial charge < -0.3 is 15.1 Å². The molecular formula is C19H22F2N2O2.